The maximum absolute atomic E-state index is 10.2. The van der Waals surface area contributed by atoms with Crippen molar-refractivity contribution in [2.45, 2.75) is 31.7 Å². The highest BCUT2D eigenvalue weighted by Gasteiger charge is 2.09. The van der Waals surface area contributed by atoms with Crippen LogP contribution >= 0.6 is 0 Å². The van der Waals surface area contributed by atoms with E-state index < -0.39 is 12.0 Å². The topological polar surface area (TPSA) is 63.3 Å². The first-order valence-electron chi connectivity index (χ1n) is 3.46. The fourth-order valence-electron chi connectivity index (χ4n) is 0.665. The Morgan fingerprint density at radius 1 is 1.60 bits per heavy atom. The Morgan fingerprint density at radius 2 is 2.20 bits per heavy atom. The van der Waals surface area contributed by atoms with E-state index in [9.17, 15) is 4.79 Å². The zero-order chi connectivity index (χ0) is 7.98. The van der Waals surface area contributed by atoms with E-state index in [1.54, 1.807) is 0 Å². The molecule has 0 aromatic heterocycles. The van der Waals surface area contributed by atoms with Crippen molar-refractivity contribution in [3.8, 4) is 0 Å². The molecule has 1 atom stereocenters. The van der Waals surface area contributed by atoms with Crippen LogP contribution in [0.1, 0.15) is 25.7 Å². The average molecular weight is 144 g/mol. The van der Waals surface area contributed by atoms with Gasteiger partial charge < -0.3 is 10.8 Å². The molecule has 1 unspecified atom stereocenters. The Balaban J connectivity index is 3.21. The number of carboxylic acids is 1. The van der Waals surface area contributed by atoms with Gasteiger partial charge in [0, 0.05) is 0 Å². The standard InChI is InChI=1S/C7H13NO2/c1-2-3-4-5-6(8)7(9)10/h6H,1-5,8H2/p+1. The van der Waals surface area contributed by atoms with Crippen LogP contribution in [0.3, 0.4) is 0 Å². The van der Waals surface area contributed by atoms with Crippen molar-refractivity contribution in [1.82, 2.24) is 0 Å². The molecular weight excluding hydrogens is 130 g/mol. The van der Waals surface area contributed by atoms with Gasteiger partial charge in [-0.3, -0.25) is 4.79 Å². The van der Waals surface area contributed by atoms with Crippen LogP contribution in [0.4, 0.5) is 0 Å². The average Bonchev–Trinajstić information content (AvgIpc) is 1.88. The molecule has 0 saturated carbocycles. The minimum Gasteiger partial charge on any atom is -0.480 e. The van der Waals surface area contributed by atoms with Crippen LogP contribution in [0, 0.1) is 6.92 Å². The molecule has 3 N–H and O–H groups in total. The summed E-state index contributed by atoms with van der Waals surface area (Å²) in [5.41, 5.74) is 5.24. The Hall–Kier alpha value is -0.700. The van der Waals surface area contributed by atoms with Gasteiger partial charge in [-0.05, 0) is 19.3 Å². The van der Waals surface area contributed by atoms with Crippen LogP contribution in [0.2, 0.25) is 0 Å². The van der Waals surface area contributed by atoms with Crippen LogP contribution in [0.15, 0.2) is 0 Å². The van der Waals surface area contributed by atoms with Crippen LogP contribution in [0.5, 0.6) is 0 Å². The second kappa shape index (κ2) is 5.11. The summed E-state index contributed by atoms with van der Waals surface area (Å²) < 4.78 is 0. The lowest BCUT2D eigenvalue weighted by molar-refractivity contribution is -0.138. The van der Waals surface area contributed by atoms with E-state index in [4.69, 9.17) is 10.8 Å². The summed E-state index contributed by atoms with van der Waals surface area (Å²) in [5, 5.41) is 8.34. The quantitative estimate of drug-likeness (QED) is 0.443. The van der Waals surface area contributed by atoms with E-state index in [1.807, 2.05) is 0 Å². The summed E-state index contributed by atoms with van der Waals surface area (Å²) in [6, 6.07) is -0.688. The first kappa shape index (κ1) is 9.30. The van der Waals surface area contributed by atoms with E-state index >= 15 is 0 Å². The molecule has 0 aromatic rings. The number of aliphatic carboxylic acids is 1. The van der Waals surface area contributed by atoms with Crippen molar-refractivity contribution >= 4 is 5.97 Å². The predicted molar refractivity (Wildman–Crippen MR) is 39.4 cm³/mol. The number of hydrogen-bond acceptors (Lipinski definition) is 2. The minimum absolute atomic E-state index is 0.560. The van der Waals surface area contributed by atoms with Gasteiger partial charge >= 0.3 is 5.97 Å². The lowest BCUT2D eigenvalue weighted by atomic mass is 10.1. The van der Waals surface area contributed by atoms with Gasteiger partial charge in [0.25, 0.3) is 0 Å². The number of hydrogen-bond donors (Lipinski definition) is 2. The second-order valence-electron chi connectivity index (χ2n) is 2.29. The van der Waals surface area contributed by atoms with Gasteiger partial charge in [-0.25, -0.2) is 0 Å². The van der Waals surface area contributed by atoms with E-state index in [2.05, 4.69) is 6.92 Å². The zero-order valence-electron chi connectivity index (χ0n) is 6.05. The molecule has 0 spiro atoms. The molecule has 0 saturated heterocycles. The maximum Gasteiger partial charge on any atom is 0.320 e. The molecule has 0 aliphatic heterocycles. The van der Waals surface area contributed by atoms with Gasteiger partial charge in [-0.1, -0.05) is 0 Å². The molecule has 0 fully saturated rings. The minimum atomic E-state index is -0.913. The molecule has 58 valence electrons. The number of rotatable bonds is 5. The zero-order valence-corrected chi connectivity index (χ0v) is 6.05. The Kier molecular flexibility index (Phi) is 4.76. The van der Waals surface area contributed by atoms with E-state index in [0.717, 1.165) is 19.3 Å². The highest BCUT2D eigenvalue weighted by atomic mass is 16.4. The summed E-state index contributed by atoms with van der Waals surface area (Å²) >= 11 is 0. The van der Waals surface area contributed by atoms with Crippen molar-refractivity contribution in [1.29, 1.82) is 0 Å². The van der Waals surface area contributed by atoms with Crippen molar-refractivity contribution in [3.05, 3.63) is 6.92 Å². The number of carboxylic acid groups (broad SMARTS) is 1. The summed E-state index contributed by atoms with van der Waals surface area (Å²) in [6.07, 6.45) is 3.23. The molecule has 0 aliphatic carbocycles. The molecule has 0 rings (SSSR count). The van der Waals surface area contributed by atoms with E-state index in [1.165, 1.54) is 0 Å². The highest BCUT2D eigenvalue weighted by molar-refractivity contribution is 5.72. The summed E-state index contributed by atoms with van der Waals surface area (Å²) in [5.74, 6) is -0.913. The van der Waals surface area contributed by atoms with Gasteiger partial charge in [0.15, 0.2) is 0 Å². The van der Waals surface area contributed by atoms with Gasteiger partial charge in [0.2, 0.25) is 0 Å². The molecule has 0 bridgehead atoms. The van der Waals surface area contributed by atoms with Crippen LogP contribution in [0.25, 0.3) is 0 Å². The van der Waals surface area contributed by atoms with Gasteiger partial charge in [0.1, 0.15) is 6.04 Å². The van der Waals surface area contributed by atoms with Crippen molar-refractivity contribution in [3.63, 3.8) is 0 Å². The normalized spacial score (nSPS) is 12.9. The van der Waals surface area contributed by atoms with Crippen LogP contribution in [-0.2, 0) is 4.79 Å². The number of unbranched alkanes of at least 4 members (excludes halogenated alkanes) is 2. The smallest absolute Gasteiger partial charge is 0.320 e. The van der Waals surface area contributed by atoms with E-state index in [0.29, 0.717) is 6.42 Å². The molecular formula is C7H14NO2+. The molecule has 10 heavy (non-hydrogen) atoms. The Labute approximate surface area is 61.2 Å². The Morgan fingerprint density at radius 3 is 2.60 bits per heavy atom. The molecule has 0 aliphatic rings. The van der Waals surface area contributed by atoms with Crippen molar-refractivity contribution < 1.29 is 9.90 Å². The number of nitrogens with two attached hydrogens (primary N) is 1. The van der Waals surface area contributed by atoms with Gasteiger partial charge in [-0.15, -0.1) is 0 Å². The van der Waals surface area contributed by atoms with E-state index in [-0.39, 0.29) is 0 Å². The third-order valence-corrected chi connectivity index (χ3v) is 1.33. The van der Waals surface area contributed by atoms with Crippen molar-refractivity contribution in [2.75, 3.05) is 0 Å². The molecule has 0 heterocycles. The monoisotopic (exact) mass is 144 g/mol. The summed E-state index contributed by atoms with van der Waals surface area (Å²) in [4.78, 5) is 10.2. The largest absolute Gasteiger partial charge is 0.480 e. The summed E-state index contributed by atoms with van der Waals surface area (Å²) in [7, 11) is 0. The second-order valence-corrected chi connectivity index (χ2v) is 2.29. The van der Waals surface area contributed by atoms with Crippen molar-refractivity contribution in [2.24, 2.45) is 5.73 Å². The summed E-state index contributed by atoms with van der Waals surface area (Å²) in [6.45, 7) is 3.64. The maximum atomic E-state index is 10.2. The van der Waals surface area contributed by atoms with Gasteiger partial charge in [-0.2, -0.15) is 0 Å². The highest BCUT2D eigenvalue weighted by Crippen LogP contribution is 2.00. The SMILES string of the molecule is [CH2+]CCCCC(N)C(=O)O. The van der Waals surface area contributed by atoms with Gasteiger partial charge in [0.05, 0.1) is 13.3 Å². The predicted octanol–water partition coefficient (Wildman–Crippen LogP) is 0.793. The Bertz CT molecular complexity index is 104. The van der Waals surface area contributed by atoms with Crippen LogP contribution < -0.4 is 5.73 Å². The third kappa shape index (κ3) is 4.21. The molecule has 3 nitrogen and oxygen atoms in total. The fraction of sp³-hybridized carbons (Fsp3) is 0.714. The number of carbonyl (C=O) groups is 1. The van der Waals surface area contributed by atoms with Crippen LogP contribution in [-0.4, -0.2) is 17.1 Å². The first-order valence-corrected chi connectivity index (χ1v) is 3.46. The molecule has 0 amide bonds. The third-order valence-electron chi connectivity index (χ3n) is 1.33. The molecule has 3 heteroatoms. The molecule has 0 aromatic carbocycles. The lowest BCUT2D eigenvalue weighted by Crippen LogP contribution is -2.29. The lowest BCUT2D eigenvalue weighted by Gasteiger charge is -2.02. The first-order chi connectivity index (χ1) is 4.68. The fourth-order valence-corrected chi connectivity index (χ4v) is 0.665. The molecule has 0 radical (unpaired) electrons.